The Hall–Kier alpha value is -4.77. The van der Waals surface area contributed by atoms with Gasteiger partial charge in [0, 0.05) is 23.3 Å². The second kappa shape index (κ2) is 10.2. The van der Waals surface area contributed by atoms with Crippen molar-refractivity contribution in [2.45, 2.75) is 6.42 Å². The number of nitrogens with one attached hydrogen (secondary N) is 1. The molecular weight excluding hydrogens is 432 g/mol. The number of hydrogen-bond donors (Lipinski definition) is 1. The van der Waals surface area contributed by atoms with Crippen molar-refractivity contribution in [3.63, 3.8) is 0 Å². The number of aromatic nitrogens is 1. The SMILES string of the molecule is COc1cc2nccc(Oc3ccc(NC(=O)[N]c4ccc(CC#N)cc4)cc3)c2cc1OC. The largest absolute Gasteiger partial charge is 0.493 e. The molecule has 0 aliphatic carbocycles. The van der Waals surface area contributed by atoms with Crippen LogP contribution in [0.4, 0.5) is 16.2 Å². The molecule has 1 N–H and O–H groups in total. The Morgan fingerprint density at radius 3 is 2.35 bits per heavy atom. The van der Waals surface area contributed by atoms with E-state index in [1.165, 1.54) is 0 Å². The molecule has 0 atom stereocenters. The third kappa shape index (κ3) is 5.16. The van der Waals surface area contributed by atoms with E-state index >= 15 is 0 Å². The van der Waals surface area contributed by atoms with Crippen LogP contribution in [0.2, 0.25) is 0 Å². The molecule has 34 heavy (non-hydrogen) atoms. The molecule has 0 spiro atoms. The highest BCUT2D eigenvalue weighted by Gasteiger charge is 2.12. The minimum absolute atomic E-state index is 0.317. The van der Waals surface area contributed by atoms with Gasteiger partial charge >= 0.3 is 6.03 Å². The van der Waals surface area contributed by atoms with E-state index in [9.17, 15) is 4.79 Å². The van der Waals surface area contributed by atoms with Gasteiger partial charge in [-0.3, -0.25) is 4.98 Å². The Kier molecular flexibility index (Phi) is 6.75. The summed E-state index contributed by atoms with van der Waals surface area (Å²) in [5.74, 6) is 2.36. The summed E-state index contributed by atoms with van der Waals surface area (Å²) in [6.07, 6.45) is 1.98. The Morgan fingerprint density at radius 2 is 1.68 bits per heavy atom. The molecule has 2 amide bonds. The van der Waals surface area contributed by atoms with Crippen molar-refractivity contribution < 1.29 is 19.0 Å². The summed E-state index contributed by atoms with van der Waals surface area (Å²) in [4.78, 5) is 16.6. The zero-order valence-electron chi connectivity index (χ0n) is 18.6. The number of urea groups is 1. The fourth-order valence-electron chi connectivity index (χ4n) is 3.32. The van der Waals surface area contributed by atoms with Crippen molar-refractivity contribution in [3.05, 3.63) is 78.5 Å². The first kappa shape index (κ1) is 22.4. The maximum atomic E-state index is 12.2. The summed E-state index contributed by atoms with van der Waals surface area (Å²) < 4.78 is 16.8. The summed E-state index contributed by atoms with van der Waals surface area (Å²) >= 11 is 0. The number of nitriles is 1. The molecule has 169 valence electrons. The predicted octanol–water partition coefficient (Wildman–Crippen LogP) is 5.58. The molecule has 0 aliphatic heterocycles. The van der Waals surface area contributed by atoms with Crippen LogP contribution in [-0.2, 0) is 6.42 Å². The molecule has 4 aromatic rings. The lowest BCUT2D eigenvalue weighted by atomic mass is 10.1. The van der Waals surface area contributed by atoms with Gasteiger partial charge in [0.15, 0.2) is 11.5 Å². The van der Waals surface area contributed by atoms with E-state index in [-0.39, 0.29) is 0 Å². The van der Waals surface area contributed by atoms with Crippen LogP contribution in [0.3, 0.4) is 0 Å². The molecule has 4 rings (SSSR count). The van der Waals surface area contributed by atoms with Gasteiger partial charge in [-0.1, -0.05) is 12.1 Å². The standard InChI is InChI=1S/C26H21N4O4/c1-32-24-15-21-22(16-25(24)33-2)28-14-12-23(21)34-20-9-7-19(8-10-20)30-26(31)29-18-5-3-17(4-6-18)11-13-27/h3-10,12,14-16H,11H2,1-2H3,(H,30,31). The van der Waals surface area contributed by atoms with Gasteiger partial charge in [0.1, 0.15) is 11.5 Å². The van der Waals surface area contributed by atoms with Gasteiger partial charge in [-0.05, 0) is 54.1 Å². The molecule has 0 aliphatic rings. The first-order valence-corrected chi connectivity index (χ1v) is 10.4. The van der Waals surface area contributed by atoms with E-state index in [2.05, 4.69) is 21.7 Å². The number of hydrogen-bond acceptors (Lipinski definition) is 6. The number of amides is 2. The van der Waals surface area contributed by atoms with E-state index in [1.807, 2.05) is 6.07 Å². The lowest BCUT2D eigenvalue weighted by Crippen LogP contribution is -2.18. The zero-order chi connectivity index (χ0) is 23.9. The second-order valence-electron chi connectivity index (χ2n) is 7.20. The highest BCUT2D eigenvalue weighted by molar-refractivity contribution is 5.92. The summed E-state index contributed by atoms with van der Waals surface area (Å²) in [6.45, 7) is 0. The number of carbonyl (C=O) groups is 1. The summed E-state index contributed by atoms with van der Waals surface area (Å²) in [5, 5.41) is 16.2. The molecular formula is C26H21N4O4. The molecule has 0 bridgehead atoms. The highest BCUT2D eigenvalue weighted by Crippen LogP contribution is 2.37. The van der Waals surface area contributed by atoms with E-state index in [0.717, 1.165) is 10.9 Å². The maximum Gasteiger partial charge on any atom is 0.345 e. The first-order chi connectivity index (χ1) is 16.6. The fourth-order valence-corrected chi connectivity index (χ4v) is 3.32. The second-order valence-corrected chi connectivity index (χ2v) is 7.20. The minimum Gasteiger partial charge on any atom is -0.493 e. The first-order valence-electron chi connectivity index (χ1n) is 10.4. The molecule has 1 radical (unpaired) electrons. The third-order valence-corrected chi connectivity index (χ3v) is 4.99. The Morgan fingerprint density at radius 1 is 0.971 bits per heavy atom. The monoisotopic (exact) mass is 453 g/mol. The van der Waals surface area contributed by atoms with Crippen molar-refractivity contribution in [1.82, 2.24) is 10.3 Å². The van der Waals surface area contributed by atoms with E-state index in [0.29, 0.717) is 46.3 Å². The minimum atomic E-state index is -0.497. The third-order valence-electron chi connectivity index (χ3n) is 4.99. The number of rotatable bonds is 7. The maximum absolute atomic E-state index is 12.2. The van der Waals surface area contributed by atoms with Gasteiger partial charge in [0.2, 0.25) is 0 Å². The lowest BCUT2D eigenvalue weighted by molar-refractivity contribution is 0.255. The zero-order valence-corrected chi connectivity index (χ0v) is 18.6. The molecule has 0 saturated carbocycles. The smallest absolute Gasteiger partial charge is 0.345 e. The predicted molar refractivity (Wildman–Crippen MR) is 128 cm³/mol. The van der Waals surface area contributed by atoms with Crippen LogP contribution in [0.5, 0.6) is 23.0 Å². The molecule has 1 aromatic heterocycles. The molecule has 8 nitrogen and oxygen atoms in total. The number of fused-ring (bicyclic) bond motifs is 1. The van der Waals surface area contributed by atoms with Gasteiger partial charge in [0.25, 0.3) is 0 Å². The van der Waals surface area contributed by atoms with Gasteiger partial charge in [-0.25, -0.2) is 4.79 Å². The number of nitrogens with zero attached hydrogens (tertiary/aromatic N) is 3. The molecule has 0 fully saturated rings. The molecule has 0 saturated heterocycles. The Bertz CT molecular complexity index is 1350. The summed E-state index contributed by atoms with van der Waals surface area (Å²) in [7, 11) is 3.15. The Labute approximate surface area is 196 Å². The van der Waals surface area contributed by atoms with Crippen LogP contribution in [0.25, 0.3) is 10.9 Å². The van der Waals surface area contributed by atoms with Crippen molar-refractivity contribution in [3.8, 4) is 29.1 Å². The quantitative estimate of drug-likeness (QED) is 0.391. The number of carbonyl (C=O) groups excluding carboxylic acids is 1. The van der Waals surface area contributed by atoms with E-state index < -0.39 is 6.03 Å². The van der Waals surface area contributed by atoms with Crippen LogP contribution in [-0.4, -0.2) is 25.2 Å². The normalized spacial score (nSPS) is 10.3. The molecule has 8 heteroatoms. The van der Waals surface area contributed by atoms with Gasteiger partial charge in [-0.15, -0.1) is 0 Å². The molecule has 0 unspecified atom stereocenters. The van der Waals surface area contributed by atoms with Crippen LogP contribution >= 0.6 is 0 Å². The summed E-state index contributed by atoms with van der Waals surface area (Å²) in [5.41, 5.74) is 2.67. The van der Waals surface area contributed by atoms with Gasteiger partial charge in [-0.2, -0.15) is 10.6 Å². The number of anilines is 1. The van der Waals surface area contributed by atoms with Crippen LogP contribution < -0.4 is 24.8 Å². The van der Waals surface area contributed by atoms with Crippen molar-refractivity contribution in [2.75, 3.05) is 19.5 Å². The van der Waals surface area contributed by atoms with Crippen molar-refractivity contribution >= 4 is 28.3 Å². The van der Waals surface area contributed by atoms with Crippen LogP contribution in [0.15, 0.2) is 72.9 Å². The number of benzene rings is 3. The summed E-state index contributed by atoms with van der Waals surface area (Å²) in [6, 6.07) is 20.9. The van der Waals surface area contributed by atoms with E-state index in [4.69, 9.17) is 19.5 Å². The average Bonchev–Trinajstić information content (AvgIpc) is 2.86. The van der Waals surface area contributed by atoms with Gasteiger partial charge < -0.3 is 19.5 Å². The topological polar surface area (TPSA) is 108 Å². The number of ether oxygens (including phenoxy) is 3. The fraction of sp³-hybridized carbons (Fsp3) is 0.115. The van der Waals surface area contributed by atoms with Crippen LogP contribution in [0, 0.1) is 11.3 Å². The van der Waals surface area contributed by atoms with Crippen molar-refractivity contribution in [2.24, 2.45) is 0 Å². The van der Waals surface area contributed by atoms with E-state index in [1.54, 1.807) is 81.1 Å². The molecule has 3 aromatic carbocycles. The van der Waals surface area contributed by atoms with Gasteiger partial charge in [0.05, 0.1) is 37.9 Å². The average molecular weight is 453 g/mol. The lowest BCUT2D eigenvalue weighted by Gasteiger charge is -2.12. The van der Waals surface area contributed by atoms with Crippen LogP contribution in [0.1, 0.15) is 5.56 Å². The highest BCUT2D eigenvalue weighted by atomic mass is 16.5. The number of pyridine rings is 1. The van der Waals surface area contributed by atoms with Crippen molar-refractivity contribution in [1.29, 1.82) is 5.26 Å². The molecule has 1 heterocycles. The Balaban J connectivity index is 1.43. The number of methoxy groups -OCH3 is 2.